The van der Waals surface area contributed by atoms with E-state index in [1.54, 1.807) is 44.4 Å². The molecule has 0 spiro atoms. The first-order chi connectivity index (χ1) is 9.88. The second kappa shape index (κ2) is 6.06. The number of nitrogens with zero attached hydrogens (tertiary/aromatic N) is 1. The fraction of sp³-hybridized carbons (Fsp3) is 0.188. The van der Waals surface area contributed by atoms with Crippen molar-refractivity contribution in [3.63, 3.8) is 0 Å². The molecule has 0 radical (unpaired) electrons. The maximum Gasteiger partial charge on any atom is 0.253 e. The van der Waals surface area contributed by atoms with E-state index in [2.05, 4.69) is 0 Å². The lowest BCUT2D eigenvalue weighted by Crippen LogP contribution is -2.21. The van der Waals surface area contributed by atoms with Crippen LogP contribution in [0.2, 0.25) is 5.02 Å². The maximum absolute atomic E-state index is 12.0. The lowest BCUT2D eigenvalue weighted by molar-refractivity contribution is 0.0827. The average molecular weight is 305 g/mol. The number of ether oxygens (including phenoxy) is 1. The van der Waals surface area contributed by atoms with Crippen molar-refractivity contribution in [3.05, 3.63) is 52.5 Å². The van der Waals surface area contributed by atoms with E-state index in [0.717, 1.165) is 5.56 Å². The number of amides is 1. The van der Waals surface area contributed by atoms with Gasteiger partial charge in [0.15, 0.2) is 5.75 Å². The van der Waals surface area contributed by atoms with E-state index >= 15 is 0 Å². The molecule has 0 unspecified atom stereocenters. The standard InChI is InChI=1S/C16H17ClN2O2/c1-10-4-6-12(17)9-14(10)21-15-8-11(5-7-13(15)18)16(20)19(2)3/h4-9H,18H2,1-3H3. The van der Waals surface area contributed by atoms with Gasteiger partial charge in [-0.3, -0.25) is 4.79 Å². The van der Waals surface area contributed by atoms with Gasteiger partial charge in [-0.2, -0.15) is 0 Å². The minimum absolute atomic E-state index is 0.109. The number of aryl methyl sites for hydroxylation is 1. The van der Waals surface area contributed by atoms with E-state index in [1.807, 2.05) is 13.0 Å². The summed E-state index contributed by atoms with van der Waals surface area (Å²) >= 11 is 5.97. The minimum Gasteiger partial charge on any atom is -0.455 e. The molecule has 2 N–H and O–H groups in total. The number of benzene rings is 2. The summed E-state index contributed by atoms with van der Waals surface area (Å²) in [6, 6.07) is 10.3. The Morgan fingerprint density at radius 2 is 1.86 bits per heavy atom. The van der Waals surface area contributed by atoms with Gasteiger partial charge in [-0.25, -0.2) is 0 Å². The summed E-state index contributed by atoms with van der Waals surface area (Å²) in [4.78, 5) is 13.5. The molecule has 1 amide bonds. The summed E-state index contributed by atoms with van der Waals surface area (Å²) in [6.07, 6.45) is 0. The van der Waals surface area contributed by atoms with Crippen LogP contribution in [0.15, 0.2) is 36.4 Å². The lowest BCUT2D eigenvalue weighted by Gasteiger charge is -2.14. The topological polar surface area (TPSA) is 55.6 Å². The van der Waals surface area contributed by atoms with Crippen LogP contribution in [0, 0.1) is 6.92 Å². The van der Waals surface area contributed by atoms with Crippen molar-refractivity contribution < 1.29 is 9.53 Å². The van der Waals surface area contributed by atoms with E-state index in [-0.39, 0.29) is 5.91 Å². The molecule has 0 bridgehead atoms. The predicted octanol–water partition coefficient (Wildman–Crippen LogP) is 3.72. The van der Waals surface area contributed by atoms with Crippen LogP contribution in [0.4, 0.5) is 5.69 Å². The van der Waals surface area contributed by atoms with Crippen LogP contribution in [0.25, 0.3) is 0 Å². The Labute approximate surface area is 129 Å². The Morgan fingerprint density at radius 1 is 1.14 bits per heavy atom. The van der Waals surface area contributed by atoms with Gasteiger partial charge in [-0.1, -0.05) is 17.7 Å². The number of nitrogen functional groups attached to an aromatic ring is 1. The summed E-state index contributed by atoms with van der Waals surface area (Å²) in [5.74, 6) is 0.944. The zero-order valence-electron chi connectivity index (χ0n) is 12.2. The van der Waals surface area contributed by atoms with Crippen LogP contribution >= 0.6 is 11.6 Å². The second-order valence-corrected chi connectivity index (χ2v) is 5.40. The first-order valence-electron chi connectivity index (χ1n) is 6.43. The van der Waals surface area contributed by atoms with Crippen molar-refractivity contribution in [2.24, 2.45) is 0 Å². The number of rotatable bonds is 3. The molecular weight excluding hydrogens is 288 g/mol. The molecule has 21 heavy (non-hydrogen) atoms. The van der Waals surface area contributed by atoms with E-state index in [9.17, 15) is 4.79 Å². The van der Waals surface area contributed by atoms with Crippen LogP contribution in [-0.2, 0) is 0 Å². The number of hydrogen-bond donors (Lipinski definition) is 1. The van der Waals surface area contributed by atoms with Gasteiger partial charge >= 0.3 is 0 Å². The first-order valence-corrected chi connectivity index (χ1v) is 6.81. The highest BCUT2D eigenvalue weighted by atomic mass is 35.5. The van der Waals surface area contributed by atoms with Gasteiger partial charge in [0.25, 0.3) is 5.91 Å². The molecule has 4 nitrogen and oxygen atoms in total. The quantitative estimate of drug-likeness (QED) is 0.879. The van der Waals surface area contributed by atoms with E-state index in [0.29, 0.717) is 27.8 Å². The smallest absolute Gasteiger partial charge is 0.253 e. The van der Waals surface area contributed by atoms with E-state index < -0.39 is 0 Å². The van der Waals surface area contributed by atoms with Crippen molar-refractivity contribution >= 4 is 23.2 Å². The van der Waals surface area contributed by atoms with Crippen molar-refractivity contribution in [1.29, 1.82) is 0 Å². The highest BCUT2D eigenvalue weighted by Crippen LogP contribution is 2.32. The molecular formula is C16H17ClN2O2. The zero-order valence-corrected chi connectivity index (χ0v) is 12.9. The summed E-state index contributed by atoms with van der Waals surface area (Å²) < 4.78 is 5.81. The van der Waals surface area contributed by atoms with Crippen LogP contribution < -0.4 is 10.5 Å². The fourth-order valence-corrected chi connectivity index (χ4v) is 1.98. The molecule has 0 aliphatic rings. The highest BCUT2D eigenvalue weighted by Gasteiger charge is 2.12. The molecule has 110 valence electrons. The van der Waals surface area contributed by atoms with Gasteiger partial charge in [0.05, 0.1) is 5.69 Å². The molecule has 2 aromatic rings. The number of anilines is 1. The molecule has 0 atom stereocenters. The first kappa shape index (κ1) is 15.2. The summed E-state index contributed by atoms with van der Waals surface area (Å²) in [5, 5.41) is 0.578. The molecule has 5 heteroatoms. The van der Waals surface area contributed by atoms with Gasteiger partial charge in [0.2, 0.25) is 0 Å². The van der Waals surface area contributed by atoms with Crippen LogP contribution in [-0.4, -0.2) is 24.9 Å². The average Bonchev–Trinajstić information content (AvgIpc) is 2.44. The summed E-state index contributed by atoms with van der Waals surface area (Å²) in [5.41, 5.74) is 7.83. The van der Waals surface area contributed by atoms with Crippen molar-refractivity contribution in [2.75, 3.05) is 19.8 Å². The van der Waals surface area contributed by atoms with Gasteiger partial charge in [-0.15, -0.1) is 0 Å². The van der Waals surface area contributed by atoms with Gasteiger partial charge in [-0.05, 0) is 42.8 Å². The predicted molar refractivity (Wildman–Crippen MR) is 85.1 cm³/mol. The van der Waals surface area contributed by atoms with Gasteiger partial charge in [0, 0.05) is 24.7 Å². The van der Waals surface area contributed by atoms with E-state index in [4.69, 9.17) is 22.1 Å². The maximum atomic E-state index is 12.0. The number of hydrogen-bond acceptors (Lipinski definition) is 3. The monoisotopic (exact) mass is 304 g/mol. The second-order valence-electron chi connectivity index (χ2n) is 4.96. The molecule has 0 heterocycles. The van der Waals surface area contributed by atoms with Crippen molar-refractivity contribution in [3.8, 4) is 11.5 Å². The molecule has 0 aliphatic heterocycles. The number of halogens is 1. The zero-order chi connectivity index (χ0) is 15.6. The van der Waals surface area contributed by atoms with Gasteiger partial charge in [0.1, 0.15) is 5.75 Å². The largest absolute Gasteiger partial charge is 0.455 e. The Morgan fingerprint density at radius 3 is 2.52 bits per heavy atom. The highest BCUT2D eigenvalue weighted by molar-refractivity contribution is 6.30. The fourth-order valence-electron chi connectivity index (χ4n) is 1.82. The summed E-state index contributed by atoms with van der Waals surface area (Å²) in [6.45, 7) is 1.91. The third-order valence-corrected chi connectivity index (χ3v) is 3.27. The molecule has 2 rings (SSSR count). The molecule has 0 saturated carbocycles. The Balaban J connectivity index is 2.37. The lowest BCUT2D eigenvalue weighted by atomic mass is 10.1. The third kappa shape index (κ3) is 3.47. The van der Waals surface area contributed by atoms with Crippen LogP contribution in [0.1, 0.15) is 15.9 Å². The van der Waals surface area contributed by atoms with Crippen molar-refractivity contribution in [2.45, 2.75) is 6.92 Å². The Hall–Kier alpha value is -2.20. The molecule has 0 fully saturated rings. The Kier molecular flexibility index (Phi) is 4.38. The number of carbonyl (C=O) groups is 1. The third-order valence-electron chi connectivity index (χ3n) is 3.04. The van der Waals surface area contributed by atoms with Crippen LogP contribution in [0.3, 0.4) is 0 Å². The number of carbonyl (C=O) groups excluding carboxylic acids is 1. The molecule has 2 aromatic carbocycles. The molecule has 0 aliphatic carbocycles. The van der Waals surface area contributed by atoms with Crippen LogP contribution in [0.5, 0.6) is 11.5 Å². The van der Waals surface area contributed by atoms with Crippen molar-refractivity contribution in [1.82, 2.24) is 4.90 Å². The molecule has 0 saturated heterocycles. The summed E-state index contributed by atoms with van der Waals surface area (Å²) in [7, 11) is 3.39. The Bertz CT molecular complexity index is 684. The number of nitrogens with two attached hydrogens (primary N) is 1. The van der Waals surface area contributed by atoms with Gasteiger partial charge < -0.3 is 15.4 Å². The molecule has 0 aromatic heterocycles. The normalized spacial score (nSPS) is 10.3. The SMILES string of the molecule is Cc1ccc(Cl)cc1Oc1cc(C(=O)N(C)C)ccc1N. The van der Waals surface area contributed by atoms with E-state index in [1.165, 1.54) is 4.90 Å². The minimum atomic E-state index is -0.109.